The molecule has 1 aliphatic rings. The molecule has 194 valence electrons. The Labute approximate surface area is 222 Å². The fourth-order valence-corrected chi connectivity index (χ4v) is 5.22. The van der Waals surface area contributed by atoms with Gasteiger partial charge in [-0.15, -0.1) is 0 Å². The second kappa shape index (κ2) is 11.5. The van der Waals surface area contributed by atoms with E-state index in [1.54, 1.807) is 23.1 Å². The second-order valence-electron chi connectivity index (χ2n) is 9.91. The number of anilines is 1. The largest absolute Gasteiger partial charge is 0.351 e. The van der Waals surface area contributed by atoms with Crippen molar-refractivity contribution < 1.29 is 14.0 Å². The highest BCUT2D eigenvalue weighted by Gasteiger charge is 2.35. The highest BCUT2D eigenvalue weighted by Crippen LogP contribution is 2.33. The van der Waals surface area contributed by atoms with Gasteiger partial charge in [-0.05, 0) is 66.8 Å². The summed E-state index contributed by atoms with van der Waals surface area (Å²) in [5.74, 6) is -1.00. The standard InChI is InChI=1S/C32H32FN3O2/c1-22-10-8-9-15-29(22)36(32(38)28-21-20-27(35-28)23-11-4-2-5-12-23)30(24-16-18-25(33)19-17-24)31(37)34-26-13-6-3-7-14-26/h2,4-5,8-12,15-21,26,30,35H,3,6-7,13-14H2,1H3,(H,34,37). The summed E-state index contributed by atoms with van der Waals surface area (Å²) in [6.07, 6.45) is 5.13. The Kier molecular flexibility index (Phi) is 7.68. The van der Waals surface area contributed by atoms with Gasteiger partial charge in [-0.25, -0.2) is 4.39 Å². The number of amides is 2. The van der Waals surface area contributed by atoms with Gasteiger partial charge in [0.25, 0.3) is 5.91 Å². The van der Waals surface area contributed by atoms with E-state index < -0.39 is 11.9 Å². The molecular formula is C32H32FN3O2. The van der Waals surface area contributed by atoms with Crippen LogP contribution in [0.1, 0.15) is 59.8 Å². The number of nitrogens with one attached hydrogen (secondary N) is 2. The minimum atomic E-state index is -0.977. The number of hydrogen-bond donors (Lipinski definition) is 2. The van der Waals surface area contributed by atoms with Gasteiger partial charge < -0.3 is 10.3 Å². The lowest BCUT2D eigenvalue weighted by Crippen LogP contribution is -2.47. The van der Waals surface area contributed by atoms with E-state index in [0.29, 0.717) is 16.9 Å². The molecule has 4 aromatic rings. The molecular weight excluding hydrogens is 477 g/mol. The van der Waals surface area contributed by atoms with Gasteiger partial charge in [-0.3, -0.25) is 14.5 Å². The average Bonchev–Trinajstić information content (AvgIpc) is 3.44. The van der Waals surface area contributed by atoms with Gasteiger partial charge in [0, 0.05) is 17.4 Å². The first-order valence-electron chi connectivity index (χ1n) is 13.2. The number of rotatable bonds is 7. The number of para-hydroxylation sites is 1. The Balaban J connectivity index is 1.58. The van der Waals surface area contributed by atoms with Crippen LogP contribution < -0.4 is 10.2 Å². The summed E-state index contributed by atoms with van der Waals surface area (Å²) in [5, 5.41) is 3.20. The lowest BCUT2D eigenvalue weighted by molar-refractivity contribution is -0.123. The monoisotopic (exact) mass is 509 g/mol. The summed E-state index contributed by atoms with van der Waals surface area (Å²) in [4.78, 5) is 33.0. The molecule has 1 aromatic heterocycles. The molecule has 0 saturated heterocycles. The number of aromatic nitrogens is 1. The molecule has 5 nitrogen and oxygen atoms in total. The third-order valence-electron chi connectivity index (χ3n) is 7.24. The molecule has 1 saturated carbocycles. The van der Waals surface area contributed by atoms with Gasteiger partial charge in [0.2, 0.25) is 5.91 Å². The zero-order valence-electron chi connectivity index (χ0n) is 21.5. The molecule has 1 fully saturated rings. The summed E-state index contributed by atoms with van der Waals surface area (Å²) in [6, 6.07) is 25.8. The number of carbonyl (C=O) groups excluding carboxylic acids is 2. The van der Waals surface area contributed by atoms with Crippen molar-refractivity contribution in [1.29, 1.82) is 0 Å². The normalized spacial score (nSPS) is 14.6. The zero-order valence-corrected chi connectivity index (χ0v) is 21.5. The minimum absolute atomic E-state index is 0.0585. The van der Waals surface area contributed by atoms with Crippen LogP contribution in [-0.2, 0) is 4.79 Å². The fraction of sp³-hybridized carbons (Fsp3) is 0.250. The van der Waals surface area contributed by atoms with Crippen molar-refractivity contribution in [1.82, 2.24) is 10.3 Å². The molecule has 0 aliphatic heterocycles. The van der Waals surface area contributed by atoms with Gasteiger partial charge in [-0.1, -0.05) is 79.9 Å². The Morgan fingerprint density at radius 3 is 2.26 bits per heavy atom. The van der Waals surface area contributed by atoms with Crippen molar-refractivity contribution in [2.45, 2.75) is 51.1 Å². The van der Waals surface area contributed by atoms with Crippen LogP contribution in [-0.4, -0.2) is 22.8 Å². The summed E-state index contributed by atoms with van der Waals surface area (Å²) >= 11 is 0. The number of nitrogens with zero attached hydrogens (tertiary/aromatic N) is 1. The van der Waals surface area contributed by atoms with Crippen molar-refractivity contribution in [3.63, 3.8) is 0 Å². The van der Waals surface area contributed by atoms with E-state index >= 15 is 0 Å². The third-order valence-corrected chi connectivity index (χ3v) is 7.24. The van der Waals surface area contributed by atoms with E-state index in [1.165, 1.54) is 12.1 Å². The van der Waals surface area contributed by atoms with Crippen molar-refractivity contribution in [2.75, 3.05) is 4.90 Å². The van der Waals surface area contributed by atoms with Gasteiger partial charge in [0.15, 0.2) is 0 Å². The van der Waals surface area contributed by atoms with E-state index in [9.17, 15) is 14.0 Å². The molecule has 6 heteroatoms. The van der Waals surface area contributed by atoms with Crippen LogP contribution in [0, 0.1) is 12.7 Å². The number of H-pyrrole nitrogens is 1. The van der Waals surface area contributed by atoms with E-state index in [4.69, 9.17) is 0 Å². The Morgan fingerprint density at radius 2 is 1.55 bits per heavy atom. The molecule has 0 bridgehead atoms. The van der Waals surface area contributed by atoms with Crippen LogP contribution in [0.2, 0.25) is 0 Å². The molecule has 1 unspecified atom stereocenters. The molecule has 1 atom stereocenters. The summed E-state index contributed by atoms with van der Waals surface area (Å²) in [5.41, 5.74) is 4.16. The number of hydrogen-bond acceptors (Lipinski definition) is 2. The number of halogens is 1. The minimum Gasteiger partial charge on any atom is -0.351 e. The van der Waals surface area contributed by atoms with Gasteiger partial charge >= 0.3 is 0 Å². The lowest BCUT2D eigenvalue weighted by Gasteiger charge is -2.34. The van der Waals surface area contributed by atoms with Crippen LogP contribution in [0.3, 0.4) is 0 Å². The topological polar surface area (TPSA) is 65.2 Å². The molecule has 2 amide bonds. The predicted octanol–water partition coefficient (Wildman–Crippen LogP) is 6.97. The molecule has 0 radical (unpaired) electrons. The molecule has 1 aliphatic carbocycles. The first-order chi connectivity index (χ1) is 18.5. The molecule has 5 rings (SSSR count). The zero-order chi connectivity index (χ0) is 26.5. The number of carbonyl (C=O) groups is 2. The van der Waals surface area contributed by atoms with Crippen LogP contribution in [0.4, 0.5) is 10.1 Å². The maximum atomic E-state index is 14.3. The Bertz CT molecular complexity index is 1390. The van der Waals surface area contributed by atoms with Crippen molar-refractivity contribution in [3.05, 3.63) is 114 Å². The van der Waals surface area contributed by atoms with Crippen molar-refractivity contribution in [2.24, 2.45) is 0 Å². The van der Waals surface area contributed by atoms with Gasteiger partial charge in [0.1, 0.15) is 17.6 Å². The third kappa shape index (κ3) is 5.54. The van der Waals surface area contributed by atoms with Crippen LogP contribution in [0.15, 0.2) is 91.0 Å². The Morgan fingerprint density at radius 1 is 0.868 bits per heavy atom. The van der Waals surface area contributed by atoms with E-state index in [1.807, 2.05) is 67.6 Å². The highest BCUT2D eigenvalue weighted by atomic mass is 19.1. The average molecular weight is 510 g/mol. The molecule has 2 N–H and O–H groups in total. The second-order valence-corrected chi connectivity index (χ2v) is 9.91. The summed E-state index contributed by atoms with van der Waals surface area (Å²) in [7, 11) is 0. The predicted molar refractivity (Wildman–Crippen MR) is 148 cm³/mol. The SMILES string of the molecule is Cc1ccccc1N(C(=O)c1ccc(-c2ccccc2)[nH]1)C(C(=O)NC1CCCCC1)c1ccc(F)cc1. The summed E-state index contributed by atoms with van der Waals surface area (Å²) in [6.45, 7) is 1.92. The smallest absolute Gasteiger partial charge is 0.275 e. The molecule has 0 spiro atoms. The highest BCUT2D eigenvalue weighted by molar-refractivity contribution is 6.10. The van der Waals surface area contributed by atoms with E-state index in [-0.39, 0.29) is 17.9 Å². The number of benzene rings is 3. The molecule has 1 heterocycles. The van der Waals surface area contributed by atoms with Crippen LogP contribution >= 0.6 is 0 Å². The number of aromatic amines is 1. The molecule has 38 heavy (non-hydrogen) atoms. The van der Waals surface area contributed by atoms with E-state index in [0.717, 1.165) is 48.9 Å². The fourth-order valence-electron chi connectivity index (χ4n) is 5.22. The summed E-state index contributed by atoms with van der Waals surface area (Å²) < 4.78 is 13.9. The van der Waals surface area contributed by atoms with Crippen molar-refractivity contribution >= 4 is 17.5 Å². The first-order valence-corrected chi connectivity index (χ1v) is 13.2. The quantitative estimate of drug-likeness (QED) is 0.283. The van der Waals surface area contributed by atoms with Crippen LogP contribution in [0.5, 0.6) is 0 Å². The lowest BCUT2D eigenvalue weighted by atomic mass is 9.94. The van der Waals surface area contributed by atoms with E-state index in [2.05, 4.69) is 10.3 Å². The first kappa shape index (κ1) is 25.5. The maximum absolute atomic E-state index is 14.3. The van der Waals surface area contributed by atoms with Crippen molar-refractivity contribution in [3.8, 4) is 11.3 Å². The molecule has 3 aromatic carbocycles. The van der Waals surface area contributed by atoms with Gasteiger partial charge in [-0.2, -0.15) is 0 Å². The maximum Gasteiger partial charge on any atom is 0.275 e. The Hall–Kier alpha value is -4.19. The number of aryl methyl sites for hydroxylation is 1. The van der Waals surface area contributed by atoms with Gasteiger partial charge in [0.05, 0.1) is 0 Å². The van der Waals surface area contributed by atoms with Crippen LogP contribution in [0.25, 0.3) is 11.3 Å².